The van der Waals surface area contributed by atoms with Gasteiger partial charge in [-0.15, -0.1) is 11.3 Å². The number of ether oxygens (including phenoxy) is 1. The lowest BCUT2D eigenvalue weighted by Crippen LogP contribution is -2.57. The number of aromatic hydroxyl groups is 1. The molecule has 1 amide bonds. The number of aromatic amines is 1. The number of pyridine rings is 1. The van der Waals surface area contributed by atoms with Crippen molar-refractivity contribution in [2.24, 2.45) is 0 Å². The smallest absolute Gasteiger partial charge is 0.283 e. The van der Waals surface area contributed by atoms with Crippen LogP contribution in [0.1, 0.15) is 111 Å². The SMILES string of the molecule is CC(C)c1csc(C(=O)N2CCOC3(CCN(Cc4cccc(CCCC[C@H](O[Si](C)(C)C(C)(C)C)c5ccc(O)c6[nH]c(=O)ccc56)c4)CC3)C2)n1. The van der Waals surface area contributed by atoms with Crippen molar-refractivity contribution >= 4 is 36.5 Å². The van der Waals surface area contributed by atoms with Crippen molar-refractivity contribution in [2.45, 2.75) is 115 Å². The number of piperidine rings is 1. The lowest BCUT2D eigenvalue weighted by Gasteiger charge is -2.47. The quantitative estimate of drug-likeness (QED) is 0.110. The molecule has 2 aromatic carbocycles. The molecule has 2 aliphatic heterocycles. The molecule has 0 saturated carbocycles. The standard InChI is InChI=1S/C42H58N4O5SSi/c1-29(2)34-27-52-39(43-34)40(49)46-23-24-50-42(28-46)19-21-45(22-20-42)26-31-13-10-12-30(25-31)11-8-9-14-36(51-53(6,7)41(3,4)5)32-15-17-35(47)38-33(32)16-18-37(48)44-38/h10,12-13,15-18,25,27,29,36,47H,8-9,11,14,19-24,26,28H2,1-7H3,(H,44,48)/t36-/m0/s1. The molecule has 6 rings (SSSR count). The van der Waals surface area contributed by atoms with E-state index in [4.69, 9.17) is 9.16 Å². The van der Waals surface area contributed by atoms with Crippen molar-refractivity contribution in [3.05, 3.63) is 91.7 Å². The molecule has 0 bridgehead atoms. The molecule has 286 valence electrons. The number of phenolic OH excluding ortho intramolecular Hbond substituents is 1. The van der Waals surface area contributed by atoms with E-state index in [1.807, 2.05) is 22.4 Å². The number of benzene rings is 2. The van der Waals surface area contributed by atoms with Gasteiger partial charge in [0.15, 0.2) is 13.3 Å². The van der Waals surface area contributed by atoms with Gasteiger partial charge in [0, 0.05) is 43.0 Å². The molecule has 1 spiro atoms. The molecule has 0 unspecified atom stereocenters. The number of fused-ring (bicyclic) bond motifs is 1. The second kappa shape index (κ2) is 16.2. The predicted octanol–water partition coefficient (Wildman–Crippen LogP) is 8.80. The largest absolute Gasteiger partial charge is 0.506 e. The molecule has 0 aliphatic carbocycles. The number of hydrogen-bond donors (Lipinski definition) is 2. The average Bonchev–Trinajstić information content (AvgIpc) is 3.62. The number of nitrogens with zero attached hydrogens (tertiary/aromatic N) is 3. The summed E-state index contributed by atoms with van der Waals surface area (Å²) >= 11 is 1.45. The van der Waals surface area contributed by atoms with Crippen LogP contribution in [0.3, 0.4) is 0 Å². The third-order valence-corrected chi connectivity index (χ3v) is 17.0. The van der Waals surface area contributed by atoms with Crippen LogP contribution in [-0.2, 0) is 22.1 Å². The van der Waals surface area contributed by atoms with Crippen LogP contribution in [-0.4, -0.2) is 77.5 Å². The highest BCUT2D eigenvalue weighted by Crippen LogP contribution is 2.43. The number of hydrogen-bond acceptors (Lipinski definition) is 8. The van der Waals surface area contributed by atoms with E-state index >= 15 is 0 Å². The van der Waals surface area contributed by atoms with E-state index < -0.39 is 8.32 Å². The van der Waals surface area contributed by atoms with Crippen LogP contribution in [0.15, 0.2) is 58.7 Å². The van der Waals surface area contributed by atoms with Gasteiger partial charge in [-0.25, -0.2) is 4.98 Å². The first kappa shape index (κ1) is 39.3. The van der Waals surface area contributed by atoms with Crippen molar-refractivity contribution in [2.75, 3.05) is 32.8 Å². The maximum absolute atomic E-state index is 13.3. The lowest BCUT2D eigenvalue weighted by molar-refractivity contribution is -0.127. The topological polar surface area (TPSA) is 108 Å². The van der Waals surface area contributed by atoms with Crippen molar-refractivity contribution < 1.29 is 19.1 Å². The minimum Gasteiger partial charge on any atom is -0.506 e. The summed E-state index contributed by atoms with van der Waals surface area (Å²) in [6.07, 6.45) is 5.56. The lowest BCUT2D eigenvalue weighted by atomic mass is 9.89. The summed E-state index contributed by atoms with van der Waals surface area (Å²) in [5.74, 6) is 0.423. The Bertz CT molecular complexity index is 1940. The van der Waals surface area contributed by atoms with Gasteiger partial charge in [0.2, 0.25) is 5.56 Å². The van der Waals surface area contributed by atoms with E-state index in [2.05, 4.69) is 86.8 Å². The van der Waals surface area contributed by atoms with Gasteiger partial charge >= 0.3 is 0 Å². The number of phenols is 1. The maximum Gasteiger partial charge on any atom is 0.283 e. The van der Waals surface area contributed by atoms with Gasteiger partial charge in [-0.3, -0.25) is 14.5 Å². The fourth-order valence-corrected chi connectivity index (χ4v) is 9.63. The van der Waals surface area contributed by atoms with Crippen LogP contribution >= 0.6 is 11.3 Å². The zero-order valence-electron chi connectivity index (χ0n) is 32.7. The van der Waals surface area contributed by atoms with E-state index in [1.54, 1.807) is 6.07 Å². The fourth-order valence-electron chi connectivity index (χ4n) is 7.37. The molecule has 2 saturated heterocycles. The highest BCUT2D eigenvalue weighted by Gasteiger charge is 2.42. The number of rotatable bonds is 12. The van der Waals surface area contributed by atoms with Crippen LogP contribution in [0.2, 0.25) is 18.1 Å². The highest BCUT2D eigenvalue weighted by atomic mass is 32.1. The molecule has 4 aromatic rings. The van der Waals surface area contributed by atoms with Crippen LogP contribution in [0, 0.1) is 0 Å². The molecule has 0 radical (unpaired) electrons. The zero-order chi connectivity index (χ0) is 38.0. The second-order valence-corrected chi connectivity index (χ2v) is 22.6. The van der Waals surface area contributed by atoms with E-state index in [1.165, 1.54) is 28.5 Å². The number of carbonyl (C=O) groups excluding carboxylic acids is 1. The van der Waals surface area contributed by atoms with Crippen LogP contribution in [0.5, 0.6) is 5.75 Å². The van der Waals surface area contributed by atoms with Gasteiger partial charge < -0.3 is 24.2 Å². The summed E-state index contributed by atoms with van der Waals surface area (Å²) in [7, 11) is -2.12. The summed E-state index contributed by atoms with van der Waals surface area (Å²) in [5, 5.41) is 14.0. The monoisotopic (exact) mass is 758 g/mol. The summed E-state index contributed by atoms with van der Waals surface area (Å²) in [4.78, 5) is 37.4. The maximum atomic E-state index is 13.3. The van der Waals surface area contributed by atoms with Gasteiger partial charge in [0.1, 0.15) is 5.75 Å². The van der Waals surface area contributed by atoms with Crippen LogP contribution in [0.4, 0.5) is 0 Å². The first-order valence-corrected chi connectivity index (χ1v) is 23.1. The molecule has 2 N–H and O–H groups in total. The molecular weight excluding hydrogens is 701 g/mol. The van der Waals surface area contributed by atoms with Crippen LogP contribution < -0.4 is 5.56 Å². The number of aromatic nitrogens is 2. The highest BCUT2D eigenvalue weighted by molar-refractivity contribution is 7.11. The molecule has 2 aliphatic rings. The molecule has 11 heteroatoms. The third-order valence-electron chi connectivity index (χ3n) is 11.7. The summed E-state index contributed by atoms with van der Waals surface area (Å²) < 4.78 is 13.4. The number of H-pyrrole nitrogens is 1. The minimum absolute atomic E-state index is 0.0360. The Hall–Kier alpha value is -3.35. The van der Waals surface area contributed by atoms with Crippen molar-refractivity contribution in [1.29, 1.82) is 0 Å². The number of aryl methyl sites for hydroxylation is 1. The number of thiazole rings is 1. The first-order valence-electron chi connectivity index (χ1n) is 19.3. The predicted molar refractivity (Wildman–Crippen MR) is 217 cm³/mol. The van der Waals surface area contributed by atoms with E-state index in [0.717, 1.165) is 74.8 Å². The van der Waals surface area contributed by atoms with Gasteiger partial charge in [-0.05, 0) is 85.0 Å². The molecule has 53 heavy (non-hydrogen) atoms. The summed E-state index contributed by atoms with van der Waals surface area (Å²) in [6, 6.07) is 16.0. The second-order valence-electron chi connectivity index (χ2n) is 17.0. The van der Waals surface area contributed by atoms with Gasteiger partial charge in [-0.2, -0.15) is 0 Å². The Morgan fingerprint density at radius 2 is 1.83 bits per heavy atom. The van der Waals surface area contributed by atoms with E-state index in [9.17, 15) is 14.7 Å². The summed E-state index contributed by atoms with van der Waals surface area (Å²) in [5.41, 5.74) is 4.63. The number of unbranched alkanes of at least 4 members (excludes halogenated alkanes) is 1. The number of morpholine rings is 1. The Balaban J connectivity index is 1.03. The van der Waals surface area contributed by atoms with Gasteiger partial charge in [0.25, 0.3) is 5.91 Å². The number of carbonyl (C=O) groups is 1. The molecular formula is C42H58N4O5SSi. The number of likely N-dealkylation sites (tertiary alicyclic amines) is 1. The zero-order valence-corrected chi connectivity index (χ0v) is 34.5. The Morgan fingerprint density at radius 3 is 2.55 bits per heavy atom. The van der Waals surface area contributed by atoms with Crippen molar-refractivity contribution in [3.63, 3.8) is 0 Å². The molecule has 4 heterocycles. The number of nitrogens with one attached hydrogen (secondary N) is 1. The molecule has 2 aromatic heterocycles. The Morgan fingerprint density at radius 1 is 1.08 bits per heavy atom. The Kier molecular flexibility index (Phi) is 12.0. The fraction of sp³-hybridized carbons (Fsp3) is 0.548. The molecule has 9 nitrogen and oxygen atoms in total. The average molecular weight is 759 g/mol. The normalized spacial score (nSPS) is 17.5. The van der Waals surface area contributed by atoms with E-state index in [0.29, 0.717) is 36.1 Å². The molecule has 1 atom stereocenters. The van der Waals surface area contributed by atoms with Gasteiger partial charge in [0.05, 0.1) is 36.1 Å². The Labute approximate surface area is 319 Å². The summed E-state index contributed by atoms with van der Waals surface area (Å²) in [6.45, 7) is 20.2. The van der Waals surface area contributed by atoms with Crippen LogP contribution in [0.25, 0.3) is 10.9 Å². The van der Waals surface area contributed by atoms with Gasteiger partial charge in [-0.1, -0.05) is 71.4 Å². The van der Waals surface area contributed by atoms with Crippen molar-refractivity contribution in [3.8, 4) is 5.75 Å². The van der Waals surface area contributed by atoms with Crippen molar-refractivity contribution in [1.82, 2.24) is 19.8 Å². The number of amides is 1. The third kappa shape index (κ3) is 9.31. The first-order chi connectivity index (χ1) is 25.1. The van der Waals surface area contributed by atoms with E-state index in [-0.39, 0.29) is 34.0 Å². The molecule has 2 fully saturated rings. The minimum atomic E-state index is -2.12.